The van der Waals surface area contributed by atoms with Gasteiger partial charge in [-0.15, -0.1) is 0 Å². The number of halogens is 1. The second-order valence-electron chi connectivity index (χ2n) is 5.31. The molecule has 106 valence electrons. The zero-order chi connectivity index (χ0) is 13.7. The van der Waals surface area contributed by atoms with Crippen molar-refractivity contribution >= 4 is 21.6 Å². The molecule has 1 fully saturated rings. The van der Waals surface area contributed by atoms with E-state index >= 15 is 0 Å². The van der Waals surface area contributed by atoms with Crippen LogP contribution in [0.4, 0.5) is 5.69 Å². The Kier molecular flexibility index (Phi) is 5.25. The Labute approximate surface area is 123 Å². The molecular weight excluding hydrogens is 306 g/mol. The lowest BCUT2D eigenvalue weighted by molar-refractivity contribution is -0.0299. The molecule has 1 aliphatic rings. The van der Waals surface area contributed by atoms with Crippen LogP contribution >= 0.6 is 15.9 Å². The summed E-state index contributed by atoms with van der Waals surface area (Å²) in [5.74, 6) is 0. The maximum Gasteiger partial charge on any atom is 0.0663 e. The van der Waals surface area contributed by atoms with E-state index in [1.807, 2.05) is 24.3 Å². The molecule has 0 aromatic heterocycles. The molecule has 0 bridgehead atoms. The van der Waals surface area contributed by atoms with Gasteiger partial charge in [0.15, 0.2) is 0 Å². The van der Waals surface area contributed by atoms with Crippen LogP contribution in [0.1, 0.15) is 32.6 Å². The highest BCUT2D eigenvalue weighted by molar-refractivity contribution is 9.10. The van der Waals surface area contributed by atoms with Crippen molar-refractivity contribution in [1.29, 1.82) is 0 Å². The first-order valence-corrected chi connectivity index (χ1v) is 7.73. The summed E-state index contributed by atoms with van der Waals surface area (Å²) < 4.78 is 6.84. The van der Waals surface area contributed by atoms with Crippen LogP contribution in [-0.2, 0) is 4.74 Å². The largest absolute Gasteiger partial charge is 0.394 e. The molecule has 4 heteroatoms. The van der Waals surface area contributed by atoms with Crippen LogP contribution in [0.25, 0.3) is 0 Å². The summed E-state index contributed by atoms with van der Waals surface area (Å²) >= 11 is 3.43. The van der Waals surface area contributed by atoms with E-state index < -0.39 is 0 Å². The molecule has 0 amide bonds. The van der Waals surface area contributed by atoms with Crippen molar-refractivity contribution in [1.82, 2.24) is 0 Å². The predicted octanol–water partition coefficient (Wildman–Crippen LogP) is 3.57. The number of rotatable bonds is 5. The third-order valence-electron chi connectivity index (χ3n) is 3.72. The summed E-state index contributed by atoms with van der Waals surface area (Å²) in [5, 5.41) is 13.3. The Bertz CT molecular complexity index is 394. The summed E-state index contributed by atoms with van der Waals surface area (Å²) in [4.78, 5) is 0. The molecule has 0 spiro atoms. The fraction of sp³-hybridized carbons (Fsp3) is 0.600. The molecule has 1 saturated heterocycles. The Morgan fingerprint density at radius 3 is 2.79 bits per heavy atom. The lowest BCUT2D eigenvalue weighted by Crippen LogP contribution is -2.49. The molecule has 2 atom stereocenters. The smallest absolute Gasteiger partial charge is 0.0663 e. The Hall–Kier alpha value is -0.580. The van der Waals surface area contributed by atoms with Crippen molar-refractivity contribution in [3.05, 3.63) is 28.7 Å². The summed E-state index contributed by atoms with van der Waals surface area (Å²) in [6.07, 6.45) is 4.15. The Balaban J connectivity index is 2.06. The van der Waals surface area contributed by atoms with Crippen molar-refractivity contribution in [2.24, 2.45) is 0 Å². The number of aliphatic hydroxyl groups is 1. The number of nitrogens with one attached hydrogen (secondary N) is 1. The van der Waals surface area contributed by atoms with E-state index in [0.717, 1.165) is 42.5 Å². The van der Waals surface area contributed by atoms with Crippen molar-refractivity contribution < 1.29 is 9.84 Å². The molecule has 3 nitrogen and oxygen atoms in total. The van der Waals surface area contributed by atoms with Crippen LogP contribution in [0.2, 0.25) is 0 Å². The summed E-state index contributed by atoms with van der Waals surface area (Å²) in [6.45, 7) is 3.03. The first kappa shape index (κ1) is 14.8. The van der Waals surface area contributed by atoms with Gasteiger partial charge in [0.05, 0.1) is 18.2 Å². The normalized spacial score (nSPS) is 27.2. The van der Waals surface area contributed by atoms with Gasteiger partial charge in [-0.2, -0.15) is 0 Å². The van der Waals surface area contributed by atoms with E-state index in [1.54, 1.807) is 0 Å². The highest BCUT2D eigenvalue weighted by Crippen LogP contribution is 2.31. The predicted molar refractivity (Wildman–Crippen MR) is 81.5 cm³/mol. The Morgan fingerprint density at radius 2 is 2.16 bits per heavy atom. The molecule has 2 N–H and O–H groups in total. The fourth-order valence-electron chi connectivity index (χ4n) is 2.66. The minimum absolute atomic E-state index is 0.145. The molecule has 19 heavy (non-hydrogen) atoms. The monoisotopic (exact) mass is 327 g/mol. The standard InChI is InChI=1S/C15H22BrNO2/c1-2-3-14-10-15(11-18,8-9-19-14)17-13-6-4-12(16)5-7-13/h4-7,14,17-18H,2-3,8-11H2,1H3. The van der Waals surface area contributed by atoms with Crippen LogP contribution in [0, 0.1) is 0 Å². The first-order chi connectivity index (χ1) is 9.17. The van der Waals surface area contributed by atoms with Crippen molar-refractivity contribution in [2.45, 2.75) is 44.2 Å². The van der Waals surface area contributed by atoms with Gasteiger partial charge in [-0.25, -0.2) is 0 Å². The van der Waals surface area contributed by atoms with E-state index in [2.05, 4.69) is 28.2 Å². The maximum absolute atomic E-state index is 9.82. The number of benzene rings is 1. The molecule has 2 rings (SSSR count). The van der Waals surface area contributed by atoms with Crippen molar-refractivity contribution in [3.63, 3.8) is 0 Å². The first-order valence-electron chi connectivity index (χ1n) is 6.94. The van der Waals surface area contributed by atoms with Crippen LogP contribution in [0.5, 0.6) is 0 Å². The van der Waals surface area contributed by atoms with Gasteiger partial charge in [-0.3, -0.25) is 0 Å². The number of hydrogen-bond acceptors (Lipinski definition) is 3. The molecule has 1 aromatic rings. The zero-order valence-corrected chi connectivity index (χ0v) is 12.9. The van der Waals surface area contributed by atoms with E-state index in [-0.39, 0.29) is 18.2 Å². The second kappa shape index (κ2) is 6.73. The van der Waals surface area contributed by atoms with E-state index in [0.29, 0.717) is 0 Å². The zero-order valence-electron chi connectivity index (χ0n) is 11.4. The van der Waals surface area contributed by atoms with Crippen LogP contribution < -0.4 is 5.32 Å². The average Bonchev–Trinajstić information content (AvgIpc) is 2.42. The third kappa shape index (κ3) is 3.94. The van der Waals surface area contributed by atoms with Crippen LogP contribution in [-0.4, -0.2) is 30.0 Å². The molecule has 0 aliphatic carbocycles. The molecule has 1 aliphatic heterocycles. The number of hydrogen-bond donors (Lipinski definition) is 2. The minimum atomic E-state index is -0.244. The quantitative estimate of drug-likeness (QED) is 0.868. The van der Waals surface area contributed by atoms with Gasteiger partial charge in [0.2, 0.25) is 0 Å². The van der Waals surface area contributed by atoms with Gasteiger partial charge in [0, 0.05) is 16.8 Å². The van der Waals surface area contributed by atoms with E-state index in [1.165, 1.54) is 0 Å². The Morgan fingerprint density at radius 1 is 1.42 bits per heavy atom. The van der Waals surface area contributed by atoms with Gasteiger partial charge in [0.1, 0.15) is 0 Å². The average molecular weight is 328 g/mol. The highest BCUT2D eigenvalue weighted by atomic mass is 79.9. The molecular formula is C15H22BrNO2. The molecule has 0 saturated carbocycles. The summed E-state index contributed by atoms with van der Waals surface area (Å²) in [6, 6.07) is 8.09. The maximum atomic E-state index is 9.82. The molecule has 1 aromatic carbocycles. The third-order valence-corrected chi connectivity index (χ3v) is 4.25. The summed E-state index contributed by atoms with van der Waals surface area (Å²) in [7, 11) is 0. The van der Waals surface area contributed by atoms with Crippen molar-refractivity contribution in [2.75, 3.05) is 18.5 Å². The number of ether oxygens (including phenoxy) is 1. The lowest BCUT2D eigenvalue weighted by Gasteiger charge is -2.41. The molecule has 2 unspecified atom stereocenters. The van der Waals surface area contributed by atoms with Gasteiger partial charge < -0.3 is 15.2 Å². The molecule has 1 heterocycles. The van der Waals surface area contributed by atoms with Gasteiger partial charge >= 0.3 is 0 Å². The van der Waals surface area contributed by atoms with E-state index in [4.69, 9.17) is 4.74 Å². The molecule has 0 radical (unpaired) electrons. The number of anilines is 1. The lowest BCUT2D eigenvalue weighted by atomic mass is 9.85. The SMILES string of the molecule is CCCC1CC(CO)(Nc2ccc(Br)cc2)CCO1. The van der Waals surface area contributed by atoms with Gasteiger partial charge in [-0.1, -0.05) is 29.3 Å². The van der Waals surface area contributed by atoms with Crippen LogP contribution in [0.15, 0.2) is 28.7 Å². The van der Waals surface area contributed by atoms with Crippen molar-refractivity contribution in [3.8, 4) is 0 Å². The van der Waals surface area contributed by atoms with Gasteiger partial charge in [0.25, 0.3) is 0 Å². The van der Waals surface area contributed by atoms with E-state index in [9.17, 15) is 5.11 Å². The highest BCUT2D eigenvalue weighted by Gasteiger charge is 2.36. The topological polar surface area (TPSA) is 41.5 Å². The second-order valence-corrected chi connectivity index (χ2v) is 6.22. The summed E-state index contributed by atoms with van der Waals surface area (Å²) in [5.41, 5.74) is 0.806. The number of aliphatic hydroxyl groups excluding tert-OH is 1. The van der Waals surface area contributed by atoms with Gasteiger partial charge in [-0.05, 0) is 43.5 Å². The minimum Gasteiger partial charge on any atom is -0.394 e. The van der Waals surface area contributed by atoms with Crippen LogP contribution in [0.3, 0.4) is 0 Å². The fourth-order valence-corrected chi connectivity index (χ4v) is 2.93.